The predicted octanol–water partition coefficient (Wildman–Crippen LogP) is 3.85. The van der Waals surface area contributed by atoms with Crippen LogP contribution in [-0.2, 0) is 5.41 Å². The number of aliphatic hydroxyl groups is 1. The Hall–Kier alpha value is -3.32. The van der Waals surface area contributed by atoms with Crippen LogP contribution in [0.25, 0.3) is 5.69 Å². The Bertz CT molecular complexity index is 1120. The topological polar surface area (TPSA) is 88.4 Å². The maximum Gasteiger partial charge on any atom is 0.320 e. The van der Waals surface area contributed by atoms with Crippen molar-refractivity contribution >= 4 is 11.8 Å². The van der Waals surface area contributed by atoms with Gasteiger partial charge in [-0.15, -0.1) is 5.10 Å². The highest BCUT2D eigenvalue weighted by atomic mass is 16.5. The lowest BCUT2D eigenvalue weighted by Gasteiger charge is -2.21. The molecule has 2 aromatic carbocycles. The van der Waals surface area contributed by atoms with E-state index in [4.69, 9.17) is 4.74 Å². The van der Waals surface area contributed by atoms with E-state index in [2.05, 4.69) is 21.8 Å². The van der Waals surface area contributed by atoms with E-state index in [0.717, 1.165) is 35.2 Å². The molecule has 5 rings (SSSR count). The summed E-state index contributed by atoms with van der Waals surface area (Å²) in [6, 6.07) is 16.7. The second kappa shape index (κ2) is 7.42. The van der Waals surface area contributed by atoms with Gasteiger partial charge in [-0.05, 0) is 49.9 Å². The van der Waals surface area contributed by atoms with Crippen LogP contribution in [0.2, 0.25) is 0 Å². The molecule has 31 heavy (non-hydrogen) atoms. The number of amides is 2. The van der Waals surface area contributed by atoms with Gasteiger partial charge in [0.05, 0.1) is 30.0 Å². The van der Waals surface area contributed by atoms with Crippen molar-refractivity contribution in [3.63, 3.8) is 0 Å². The number of ether oxygens (including phenoxy) is 1. The molecule has 7 heteroatoms. The number of fused-ring (bicyclic) bond motifs is 2. The van der Waals surface area contributed by atoms with E-state index >= 15 is 0 Å². The van der Waals surface area contributed by atoms with Gasteiger partial charge in [-0.2, -0.15) is 0 Å². The molecule has 1 fully saturated rings. The second-order valence-electron chi connectivity index (χ2n) is 8.22. The average Bonchev–Trinajstić information content (AvgIpc) is 3.50. The maximum atomic E-state index is 13.0. The first kappa shape index (κ1) is 19.6. The van der Waals surface area contributed by atoms with E-state index in [1.165, 1.54) is 0 Å². The molecular formula is C24H26N4O3. The third-order valence-corrected chi connectivity index (χ3v) is 6.38. The Morgan fingerprint density at radius 1 is 1.19 bits per heavy atom. The molecule has 0 aliphatic heterocycles. The van der Waals surface area contributed by atoms with Crippen molar-refractivity contribution in [3.05, 3.63) is 71.3 Å². The lowest BCUT2D eigenvalue weighted by Crippen LogP contribution is -2.39. The molecular weight excluding hydrogens is 392 g/mol. The third kappa shape index (κ3) is 3.16. The van der Waals surface area contributed by atoms with Gasteiger partial charge in [0, 0.05) is 5.41 Å². The van der Waals surface area contributed by atoms with Crippen molar-refractivity contribution in [2.45, 2.75) is 44.2 Å². The Labute approximate surface area is 181 Å². The van der Waals surface area contributed by atoms with Gasteiger partial charge in [0.1, 0.15) is 5.82 Å². The number of rotatable bonds is 5. The molecule has 1 heterocycles. The van der Waals surface area contributed by atoms with E-state index in [1.807, 2.05) is 62.4 Å². The number of nitrogens with zero attached hydrogens (tertiary/aromatic N) is 2. The van der Waals surface area contributed by atoms with Crippen molar-refractivity contribution in [1.82, 2.24) is 15.1 Å². The summed E-state index contributed by atoms with van der Waals surface area (Å²) >= 11 is 0. The van der Waals surface area contributed by atoms with E-state index in [-0.39, 0.29) is 11.4 Å². The number of anilines is 1. The summed E-state index contributed by atoms with van der Waals surface area (Å²) in [5.74, 6) is 1.01. The molecule has 2 aliphatic rings. The number of urea groups is 1. The molecule has 1 spiro atoms. The molecule has 2 atom stereocenters. The summed E-state index contributed by atoms with van der Waals surface area (Å²) in [6.07, 6.45) is 1.26. The lowest BCUT2D eigenvalue weighted by molar-refractivity contribution is 0.109. The third-order valence-electron chi connectivity index (χ3n) is 6.38. The Morgan fingerprint density at radius 3 is 2.61 bits per heavy atom. The molecule has 1 aromatic heterocycles. The van der Waals surface area contributed by atoms with Crippen LogP contribution in [0.3, 0.4) is 0 Å². The number of carbonyl (C=O) groups excluding carboxylic acids is 1. The molecule has 0 saturated heterocycles. The Kier molecular flexibility index (Phi) is 4.70. The molecule has 0 bridgehead atoms. The average molecular weight is 418 g/mol. The van der Waals surface area contributed by atoms with E-state index < -0.39 is 12.1 Å². The molecule has 1 unspecified atom stereocenters. The fraction of sp³-hybridized carbons (Fsp3) is 0.333. The maximum absolute atomic E-state index is 13.0. The second-order valence-corrected chi connectivity index (χ2v) is 8.22. The smallest absolute Gasteiger partial charge is 0.320 e. The first-order chi connectivity index (χ1) is 15.0. The molecule has 7 nitrogen and oxygen atoms in total. The number of hydrogen-bond donors (Lipinski definition) is 3. The van der Waals surface area contributed by atoms with Crippen LogP contribution in [0.5, 0.6) is 5.88 Å². The summed E-state index contributed by atoms with van der Waals surface area (Å²) in [4.78, 5) is 13.0. The van der Waals surface area contributed by atoms with E-state index in [0.29, 0.717) is 18.3 Å². The molecule has 160 valence electrons. The van der Waals surface area contributed by atoms with Gasteiger partial charge in [0.2, 0.25) is 5.88 Å². The first-order valence-corrected chi connectivity index (χ1v) is 10.7. The van der Waals surface area contributed by atoms with Crippen LogP contribution in [0, 0.1) is 6.92 Å². The van der Waals surface area contributed by atoms with Crippen molar-refractivity contribution in [1.29, 1.82) is 0 Å². The standard InChI is InChI=1S/C24H26N4O3/c1-3-31-22-15(2)21(28(27-22)16-9-5-4-6-10-16)26-23(30)25-19-17-11-7-8-12-18(17)24(13-14-24)20(19)29/h4-12,19-20,29H,3,13-14H2,1-2H3,(H2,25,26,30)/t19?,20-/m1/s1. The summed E-state index contributed by atoms with van der Waals surface area (Å²) in [7, 11) is 0. The zero-order valence-electron chi connectivity index (χ0n) is 17.6. The lowest BCUT2D eigenvalue weighted by atomic mass is 9.97. The summed E-state index contributed by atoms with van der Waals surface area (Å²) in [6.45, 7) is 4.24. The summed E-state index contributed by atoms with van der Waals surface area (Å²) < 4.78 is 7.32. The van der Waals surface area contributed by atoms with Crippen molar-refractivity contribution in [3.8, 4) is 11.6 Å². The molecule has 3 N–H and O–H groups in total. The van der Waals surface area contributed by atoms with E-state index in [1.54, 1.807) is 4.68 Å². The minimum Gasteiger partial charge on any atom is -0.477 e. The van der Waals surface area contributed by atoms with Gasteiger partial charge in [0.15, 0.2) is 0 Å². The monoisotopic (exact) mass is 418 g/mol. The quantitative estimate of drug-likeness (QED) is 0.587. The molecule has 2 aliphatic carbocycles. The minimum absolute atomic E-state index is 0.210. The van der Waals surface area contributed by atoms with Crippen LogP contribution in [0.1, 0.15) is 42.5 Å². The number of benzene rings is 2. The van der Waals surface area contributed by atoms with Gasteiger partial charge in [-0.25, -0.2) is 9.48 Å². The molecule has 1 saturated carbocycles. The zero-order chi connectivity index (χ0) is 21.6. The highest BCUT2D eigenvalue weighted by Crippen LogP contribution is 2.59. The number of hydrogen-bond acceptors (Lipinski definition) is 4. The van der Waals surface area contributed by atoms with Crippen LogP contribution in [-0.4, -0.2) is 33.6 Å². The fourth-order valence-electron chi connectivity index (χ4n) is 4.66. The largest absolute Gasteiger partial charge is 0.477 e. The molecule has 3 aromatic rings. The van der Waals surface area contributed by atoms with Gasteiger partial charge < -0.3 is 15.2 Å². The Balaban J connectivity index is 1.42. The highest BCUT2D eigenvalue weighted by Gasteiger charge is 2.59. The minimum atomic E-state index is -0.630. The normalized spacial score (nSPS) is 20.4. The van der Waals surface area contributed by atoms with Gasteiger partial charge in [-0.3, -0.25) is 5.32 Å². The van der Waals surface area contributed by atoms with Crippen LogP contribution >= 0.6 is 0 Å². The van der Waals surface area contributed by atoms with Gasteiger partial charge in [0.25, 0.3) is 0 Å². The number of para-hydroxylation sites is 1. The molecule has 2 amide bonds. The number of aliphatic hydroxyl groups excluding tert-OH is 1. The number of nitrogens with one attached hydrogen (secondary N) is 2. The van der Waals surface area contributed by atoms with Gasteiger partial charge >= 0.3 is 6.03 Å². The highest BCUT2D eigenvalue weighted by molar-refractivity contribution is 5.90. The van der Waals surface area contributed by atoms with Crippen LogP contribution < -0.4 is 15.4 Å². The van der Waals surface area contributed by atoms with Crippen molar-refractivity contribution < 1.29 is 14.6 Å². The van der Waals surface area contributed by atoms with Crippen molar-refractivity contribution in [2.75, 3.05) is 11.9 Å². The first-order valence-electron chi connectivity index (χ1n) is 10.7. The van der Waals surface area contributed by atoms with Crippen LogP contribution in [0.4, 0.5) is 10.6 Å². The number of aromatic nitrogens is 2. The molecule has 0 radical (unpaired) electrons. The predicted molar refractivity (Wildman–Crippen MR) is 118 cm³/mol. The van der Waals surface area contributed by atoms with Crippen molar-refractivity contribution in [2.24, 2.45) is 0 Å². The number of carbonyl (C=O) groups is 1. The van der Waals surface area contributed by atoms with Crippen LogP contribution in [0.15, 0.2) is 54.6 Å². The Morgan fingerprint density at radius 2 is 1.90 bits per heavy atom. The zero-order valence-corrected chi connectivity index (χ0v) is 17.6. The fourth-order valence-corrected chi connectivity index (χ4v) is 4.66. The van der Waals surface area contributed by atoms with Gasteiger partial charge in [-0.1, -0.05) is 42.5 Å². The summed E-state index contributed by atoms with van der Waals surface area (Å²) in [5, 5.41) is 21.5. The summed E-state index contributed by atoms with van der Waals surface area (Å²) in [5.41, 5.74) is 3.49. The van der Waals surface area contributed by atoms with E-state index in [9.17, 15) is 9.90 Å². The SMILES string of the molecule is CCOc1nn(-c2ccccc2)c(NC(=O)NC2c3ccccc3C3(CC3)[C@@H]2O)c1C.